The van der Waals surface area contributed by atoms with Crippen molar-refractivity contribution in [3.05, 3.63) is 72.1 Å². The Morgan fingerprint density at radius 2 is 1.83 bits per heavy atom. The number of halogens is 1. The number of piperidine rings is 1. The highest BCUT2D eigenvalue weighted by Gasteiger charge is 2.33. The van der Waals surface area contributed by atoms with Gasteiger partial charge in [-0.15, -0.1) is 0 Å². The van der Waals surface area contributed by atoms with Gasteiger partial charge >= 0.3 is 0 Å². The summed E-state index contributed by atoms with van der Waals surface area (Å²) in [5.41, 5.74) is 0.245. The first-order chi connectivity index (χ1) is 17.0. The number of aliphatic hydroxyl groups is 1. The SMILES string of the molecule is CCc1nccn1CCOc1cc(CN2CCC(O)(COc3ccc(F)cc3)CC2)ccc1OC. The molecule has 2 aromatic carbocycles. The van der Waals surface area contributed by atoms with E-state index in [1.54, 1.807) is 19.2 Å². The number of ether oxygens (including phenoxy) is 3. The van der Waals surface area contributed by atoms with Gasteiger partial charge in [0.1, 0.15) is 36.2 Å². The molecule has 4 rings (SSSR count). The highest BCUT2D eigenvalue weighted by atomic mass is 19.1. The van der Waals surface area contributed by atoms with Crippen molar-refractivity contribution in [3.8, 4) is 17.2 Å². The van der Waals surface area contributed by atoms with E-state index in [1.807, 2.05) is 24.5 Å². The molecule has 188 valence electrons. The van der Waals surface area contributed by atoms with Gasteiger partial charge in [-0.2, -0.15) is 0 Å². The van der Waals surface area contributed by atoms with Crippen LogP contribution in [-0.2, 0) is 19.5 Å². The Kier molecular flexibility index (Phi) is 8.25. The first-order valence-corrected chi connectivity index (χ1v) is 12.1. The Morgan fingerprint density at radius 3 is 2.54 bits per heavy atom. The number of rotatable bonds is 11. The predicted octanol–water partition coefficient (Wildman–Crippen LogP) is 4.08. The van der Waals surface area contributed by atoms with Crippen LogP contribution in [0.2, 0.25) is 0 Å². The summed E-state index contributed by atoms with van der Waals surface area (Å²) >= 11 is 0. The highest BCUT2D eigenvalue weighted by Crippen LogP contribution is 2.30. The lowest BCUT2D eigenvalue weighted by Crippen LogP contribution is -2.47. The normalized spacial score (nSPS) is 15.7. The number of likely N-dealkylation sites (tertiary alicyclic amines) is 1. The topological polar surface area (TPSA) is 69.0 Å². The van der Waals surface area contributed by atoms with Crippen molar-refractivity contribution in [2.75, 3.05) is 33.4 Å². The maximum absolute atomic E-state index is 13.1. The number of aromatic nitrogens is 2. The van der Waals surface area contributed by atoms with E-state index < -0.39 is 5.60 Å². The molecule has 0 amide bonds. The van der Waals surface area contributed by atoms with E-state index in [9.17, 15) is 9.50 Å². The standard InChI is InChI=1S/C27H34FN3O4/c1-3-26-29-12-15-31(26)16-17-34-25-18-21(4-9-24(25)33-2)19-30-13-10-27(32,11-14-30)20-35-23-7-5-22(28)6-8-23/h4-9,12,15,18,32H,3,10-11,13-14,16-17,19-20H2,1-2H3. The molecule has 0 bridgehead atoms. The third-order valence-corrected chi connectivity index (χ3v) is 6.45. The van der Waals surface area contributed by atoms with Crippen LogP contribution in [0.5, 0.6) is 17.2 Å². The van der Waals surface area contributed by atoms with E-state index in [0.717, 1.165) is 49.7 Å². The average Bonchev–Trinajstić information content (AvgIpc) is 3.33. The summed E-state index contributed by atoms with van der Waals surface area (Å²) in [5.74, 6) is 2.74. The quantitative estimate of drug-likeness (QED) is 0.443. The number of hydrogen-bond acceptors (Lipinski definition) is 6. The molecule has 0 saturated carbocycles. The maximum atomic E-state index is 13.1. The third kappa shape index (κ3) is 6.74. The summed E-state index contributed by atoms with van der Waals surface area (Å²) in [4.78, 5) is 6.67. The molecule has 35 heavy (non-hydrogen) atoms. The average molecular weight is 484 g/mol. The van der Waals surface area contributed by atoms with Crippen molar-refractivity contribution < 1.29 is 23.7 Å². The van der Waals surface area contributed by atoms with Gasteiger partial charge in [0.05, 0.1) is 13.7 Å². The molecule has 0 spiro atoms. The zero-order chi connectivity index (χ0) is 24.7. The van der Waals surface area contributed by atoms with Crippen LogP contribution < -0.4 is 14.2 Å². The summed E-state index contributed by atoms with van der Waals surface area (Å²) in [5, 5.41) is 10.9. The highest BCUT2D eigenvalue weighted by molar-refractivity contribution is 5.43. The summed E-state index contributed by atoms with van der Waals surface area (Å²) in [7, 11) is 1.65. The van der Waals surface area contributed by atoms with Crippen LogP contribution in [0, 0.1) is 5.82 Å². The summed E-state index contributed by atoms with van der Waals surface area (Å²) in [6, 6.07) is 11.9. The van der Waals surface area contributed by atoms with Crippen molar-refractivity contribution in [1.29, 1.82) is 0 Å². The summed E-state index contributed by atoms with van der Waals surface area (Å²) in [6.45, 7) is 5.81. The second kappa shape index (κ2) is 11.6. The lowest BCUT2D eigenvalue weighted by atomic mass is 9.92. The fourth-order valence-corrected chi connectivity index (χ4v) is 4.32. The summed E-state index contributed by atoms with van der Waals surface area (Å²) in [6.07, 6.45) is 5.89. The second-order valence-electron chi connectivity index (χ2n) is 8.97. The first kappa shape index (κ1) is 25.0. The van der Waals surface area contributed by atoms with Crippen molar-refractivity contribution in [3.63, 3.8) is 0 Å². The fourth-order valence-electron chi connectivity index (χ4n) is 4.32. The largest absolute Gasteiger partial charge is 0.493 e. The molecule has 0 aliphatic carbocycles. The number of imidazole rings is 1. The Labute approximate surface area is 206 Å². The molecule has 0 unspecified atom stereocenters. The Bertz CT molecular complexity index is 1080. The van der Waals surface area contributed by atoms with Crippen molar-refractivity contribution in [2.24, 2.45) is 0 Å². The van der Waals surface area contributed by atoms with Gasteiger partial charge in [0, 0.05) is 38.4 Å². The molecule has 1 aromatic heterocycles. The van der Waals surface area contributed by atoms with Crippen molar-refractivity contribution >= 4 is 0 Å². The monoisotopic (exact) mass is 483 g/mol. The maximum Gasteiger partial charge on any atom is 0.161 e. The molecule has 1 fully saturated rings. The fraction of sp³-hybridized carbons (Fsp3) is 0.444. The predicted molar refractivity (Wildman–Crippen MR) is 131 cm³/mol. The van der Waals surface area contributed by atoms with Crippen LogP contribution >= 0.6 is 0 Å². The van der Waals surface area contributed by atoms with Crippen molar-refractivity contribution in [1.82, 2.24) is 14.5 Å². The van der Waals surface area contributed by atoms with Gasteiger partial charge < -0.3 is 23.9 Å². The number of hydrogen-bond donors (Lipinski definition) is 1. The van der Waals surface area contributed by atoms with Crippen LogP contribution in [0.1, 0.15) is 31.2 Å². The van der Waals surface area contributed by atoms with E-state index in [-0.39, 0.29) is 12.4 Å². The van der Waals surface area contributed by atoms with Gasteiger partial charge in [-0.25, -0.2) is 9.37 Å². The Balaban J connectivity index is 1.28. The van der Waals surface area contributed by atoms with Gasteiger partial charge in [-0.1, -0.05) is 13.0 Å². The van der Waals surface area contributed by atoms with E-state index >= 15 is 0 Å². The van der Waals surface area contributed by atoms with E-state index in [0.29, 0.717) is 30.9 Å². The van der Waals surface area contributed by atoms with E-state index in [2.05, 4.69) is 27.4 Å². The smallest absolute Gasteiger partial charge is 0.161 e. The molecule has 8 heteroatoms. The molecule has 1 N–H and O–H groups in total. The second-order valence-corrected chi connectivity index (χ2v) is 8.97. The number of nitrogens with zero attached hydrogens (tertiary/aromatic N) is 3. The molecule has 1 aliphatic rings. The molecule has 2 heterocycles. The summed E-state index contributed by atoms with van der Waals surface area (Å²) < 4.78 is 32.4. The van der Waals surface area contributed by atoms with Crippen molar-refractivity contribution in [2.45, 2.75) is 44.9 Å². The molecule has 3 aromatic rings. The van der Waals surface area contributed by atoms with Crippen LogP contribution in [0.4, 0.5) is 4.39 Å². The molecular weight excluding hydrogens is 449 g/mol. The minimum absolute atomic E-state index is 0.198. The minimum atomic E-state index is -0.885. The Morgan fingerprint density at radius 1 is 1.06 bits per heavy atom. The third-order valence-electron chi connectivity index (χ3n) is 6.45. The lowest BCUT2D eigenvalue weighted by molar-refractivity contribution is -0.0537. The lowest BCUT2D eigenvalue weighted by Gasteiger charge is -2.38. The van der Waals surface area contributed by atoms with E-state index in [4.69, 9.17) is 14.2 Å². The zero-order valence-corrected chi connectivity index (χ0v) is 20.5. The Hall–Kier alpha value is -3.10. The van der Waals surface area contributed by atoms with Crippen LogP contribution in [0.25, 0.3) is 0 Å². The van der Waals surface area contributed by atoms with Crippen LogP contribution in [0.3, 0.4) is 0 Å². The molecule has 0 atom stereocenters. The molecule has 7 nitrogen and oxygen atoms in total. The van der Waals surface area contributed by atoms with Gasteiger partial charge in [-0.05, 0) is 54.8 Å². The molecular formula is C27H34FN3O4. The number of aryl methyl sites for hydroxylation is 1. The van der Waals surface area contributed by atoms with Crippen LogP contribution in [0.15, 0.2) is 54.9 Å². The number of benzene rings is 2. The zero-order valence-electron chi connectivity index (χ0n) is 20.5. The van der Waals surface area contributed by atoms with Gasteiger partial charge in [-0.3, -0.25) is 4.90 Å². The van der Waals surface area contributed by atoms with Gasteiger partial charge in [0.25, 0.3) is 0 Å². The minimum Gasteiger partial charge on any atom is -0.493 e. The van der Waals surface area contributed by atoms with E-state index in [1.165, 1.54) is 12.1 Å². The molecule has 1 aliphatic heterocycles. The first-order valence-electron chi connectivity index (χ1n) is 12.1. The van der Waals surface area contributed by atoms with Gasteiger partial charge in [0.15, 0.2) is 11.5 Å². The van der Waals surface area contributed by atoms with Gasteiger partial charge in [0.2, 0.25) is 0 Å². The number of methoxy groups -OCH3 is 1. The molecule has 1 saturated heterocycles. The molecule has 0 radical (unpaired) electrons. The van der Waals surface area contributed by atoms with Crippen LogP contribution in [-0.4, -0.2) is 58.6 Å².